The van der Waals surface area contributed by atoms with Gasteiger partial charge in [-0.15, -0.1) is 0 Å². The molecule has 11 heteroatoms. The van der Waals surface area contributed by atoms with Crippen molar-refractivity contribution >= 4 is 22.4 Å². The molecular formula is C27H27N7O4. The predicted molar refractivity (Wildman–Crippen MR) is 142 cm³/mol. The number of ether oxygens (including phenoxy) is 4. The Kier molecular flexibility index (Phi) is 6.90. The fourth-order valence-electron chi connectivity index (χ4n) is 4.01. The maximum Gasteiger partial charge on any atom is 0.220 e. The van der Waals surface area contributed by atoms with E-state index in [9.17, 15) is 0 Å². The van der Waals surface area contributed by atoms with E-state index in [1.165, 1.54) is 0 Å². The first kappa shape index (κ1) is 24.8. The summed E-state index contributed by atoms with van der Waals surface area (Å²) in [6.45, 7) is 0.297. The molecule has 0 aliphatic carbocycles. The lowest BCUT2D eigenvalue weighted by Gasteiger charge is -2.26. The molecule has 0 bridgehead atoms. The van der Waals surface area contributed by atoms with Crippen molar-refractivity contribution in [1.82, 2.24) is 29.7 Å². The molecular weight excluding hydrogens is 486 g/mol. The molecule has 5 rings (SSSR count). The third-order valence-electron chi connectivity index (χ3n) is 5.93. The summed E-state index contributed by atoms with van der Waals surface area (Å²) in [6.07, 6.45) is 5.42. The van der Waals surface area contributed by atoms with E-state index in [0.29, 0.717) is 35.6 Å². The molecule has 3 heterocycles. The first-order valence-corrected chi connectivity index (χ1v) is 11.7. The lowest BCUT2D eigenvalue weighted by molar-refractivity contribution is 0.368. The van der Waals surface area contributed by atoms with Gasteiger partial charge in [0.25, 0.3) is 0 Å². The maximum absolute atomic E-state index is 5.54. The number of aryl methyl sites for hydroxylation is 1. The second kappa shape index (κ2) is 10.6. The monoisotopic (exact) mass is 513 g/mol. The number of hydrogen-bond acceptors (Lipinski definition) is 10. The van der Waals surface area contributed by atoms with E-state index in [4.69, 9.17) is 23.9 Å². The molecule has 2 aromatic carbocycles. The van der Waals surface area contributed by atoms with Crippen molar-refractivity contribution in [2.75, 3.05) is 33.3 Å². The molecule has 0 spiro atoms. The first-order chi connectivity index (χ1) is 18.5. The van der Waals surface area contributed by atoms with Gasteiger partial charge in [0.05, 0.1) is 70.2 Å². The van der Waals surface area contributed by atoms with E-state index in [-0.39, 0.29) is 0 Å². The van der Waals surface area contributed by atoms with Crippen LogP contribution in [0.2, 0.25) is 0 Å². The Hall–Kier alpha value is -4.93. The lowest BCUT2D eigenvalue weighted by Crippen LogP contribution is -2.19. The largest absolute Gasteiger partial charge is 0.497 e. The van der Waals surface area contributed by atoms with E-state index in [0.717, 1.165) is 33.7 Å². The van der Waals surface area contributed by atoms with Gasteiger partial charge in [0.1, 0.15) is 11.5 Å². The zero-order valence-electron chi connectivity index (χ0n) is 21.7. The molecule has 0 saturated carbocycles. The Balaban J connectivity index is 1.64. The molecule has 194 valence electrons. The van der Waals surface area contributed by atoms with Gasteiger partial charge in [-0.1, -0.05) is 0 Å². The third kappa shape index (κ3) is 5.12. The average molecular weight is 514 g/mol. The maximum atomic E-state index is 5.54. The molecule has 0 unspecified atom stereocenters. The van der Waals surface area contributed by atoms with Crippen LogP contribution in [0.5, 0.6) is 23.3 Å². The van der Waals surface area contributed by atoms with Crippen molar-refractivity contribution in [3.05, 3.63) is 66.9 Å². The zero-order valence-corrected chi connectivity index (χ0v) is 21.7. The van der Waals surface area contributed by atoms with Crippen LogP contribution in [0.25, 0.3) is 22.3 Å². The topological polar surface area (TPSA) is 110 Å². The van der Waals surface area contributed by atoms with Gasteiger partial charge >= 0.3 is 0 Å². The Labute approximate surface area is 219 Å². The first-order valence-electron chi connectivity index (χ1n) is 11.7. The van der Waals surface area contributed by atoms with E-state index in [2.05, 4.69) is 20.1 Å². The van der Waals surface area contributed by atoms with Crippen molar-refractivity contribution in [2.45, 2.75) is 6.54 Å². The number of methoxy groups -OCH3 is 4. The third-order valence-corrected chi connectivity index (χ3v) is 5.93. The number of hydrogen-bond donors (Lipinski definition) is 0. The summed E-state index contributed by atoms with van der Waals surface area (Å²) in [6, 6.07) is 13.2. The van der Waals surface area contributed by atoms with Crippen LogP contribution in [0.4, 0.5) is 11.4 Å². The number of aromatic nitrogens is 6. The molecule has 0 N–H and O–H groups in total. The standard InChI is InChI=1S/C27H27N7O4/c1-33-15-17(13-29-33)24-14-28-22-7-6-18(10-23(22)30-24)34(19-8-20(35-2)11-21(9-19)36-3)16-25-31-26(37-4)12-27(32-25)38-5/h6-15H,16H2,1-5H3. The van der Waals surface area contributed by atoms with Gasteiger partial charge in [-0.2, -0.15) is 15.1 Å². The molecule has 0 amide bonds. The van der Waals surface area contributed by atoms with Gasteiger partial charge in [-0.3, -0.25) is 9.67 Å². The molecule has 0 radical (unpaired) electrons. The van der Waals surface area contributed by atoms with Gasteiger partial charge in [0.2, 0.25) is 11.8 Å². The molecule has 3 aromatic heterocycles. The number of benzene rings is 2. The van der Waals surface area contributed by atoms with Crippen LogP contribution in [-0.4, -0.2) is 58.2 Å². The van der Waals surface area contributed by atoms with Crippen LogP contribution < -0.4 is 23.8 Å². The molecule has 0 fully saturated rings. The average Bonchev–Trinajstić information content (AvgIpc) is 3.40. The van der Waals surface area contributed by atoms with E-state index >= 15 is 0 Å². The lowest BCUT2D eigenvalue weighted by atomic mass is 10.2. The van der Waals surface area contributed by atoms with Gasteiger partial charge in [0.15, 0.2) is 5.82 Å². The second-order valence-corrected chi connectivity index (χ2v) is 8.36. The summed E-state index contributed by atoms with van der Waals surface area (Å²) in [7, 11) is 8.21. The fraction of sp³-hybridized carbons (Fsp3) is 0.222. The van der Waals surface area contributed by atoms with Crippen molar-refractivity contribution < 1.29 is 18.9 Å². The summed E-state index contributed by atoms with van der Waals surface area (Å²) < 4.78 is 23.5. The highest BCUT2D eigenvalue weighted by Gasteiger charge is 2.18. The van der Waals surface area contributed by atoms with Crippen molar-refractivity contribution in [3.8, 4) is 34.5 Å². The van der Waals surface area contributed by atoms with E-state index < -0.39 is 0 Å². The minimum absolute atomic E-state index is 0.297. The fourth-order valence-corrected chi connectivity index (χ4v) is 4.01. The minimum Gasteiger partial charge on any atom is -0.497 e. The van der Waals surface area contributed by atoms with Crippen LogP contribution >= 0.6 is 0 Å². The van der Waals surface area contributed by atoms with Crippen molar-refractivity contribution in [3.63, 3.8) is 0 Å². The minimum atomic E-state index is 0.297. The van der Waals surface area contributed by atoms with E-state index in [1.54, 1.807) is 51.6 Å². The zero-order chi connectivity index (χ0) is 26.6. The second-order valence-electron chi connectivity index (χ2n) is 8.36. The van der Waals surface area contributed by atoms with Crippen LogP contribution in [0, 0.1) is 0 Å². The molecule has 38 heavy (non-hydrogen) atoms. The van der Waals surface area contributed by atoms with Crippen molar-refractivity contribution in [1.29, 1.82) is 0 Å². The van der Waals surface area contributed by atoms with Crippen LogP contribution in [0.15, 0.2) is 61.1 Å². The predicted octanol–water partition coefficient (Wildman–Crippen LogP) is 4.19. The summed E-state index contributed by atoms with van der Waals surface area (Å²) in [5, 5.41) is 4.25. The smallest absolute Gasteiger partial charge is 0.220 e. The normalized spacial score (nSPS) is 10.9. The molecule has 0 aliphatic heterocycles. The number of nitrogens with zero attached hydrogens (tertiary/aromatic N) is 7. The van der Waals surface area contributed by atoms with Crippen LogP contribution in [-0.2, 0) is 13.6 Å². The van der Waals surface area contributed by atoms with Crippen molar-refractivity contribution in [2.24, 2.45) is 7.05 Å². The highest BCUT2D eigenvalue weighted by Crippen LogP contribution is 2.35. The summed E-state index contributed by atoms with van der Waals surface area (Å²) in [4.78, 5) is 20.6. The number of fused-ring (bicyclic) bond motifs is 1. The highest BCUT2D eigenvalue weighted by molar-refractivity contribution is 5.82. The summed E-state index contributed by atoms with van der Waals surface area (Å²) in [5.41, 5.74) is 4.77. The Morgan fingerprint density at radius 3 is 2.05 bits per heavy atom. The molecule has 11 nitrogen and oxygen atoms in total. The van der Waals surface area contributed by atoms with E-state index in [1.807, 2.05) is 54.5 Å². The van der Waals surface area contributed by atoms with Gasteiger partial charge in [-0.05, 0) is 18.2 Å². The molecule has 5 aromatic rings. The van der Waals surface area contributed by atoms with Gasteiger partial charge < -0.3 is 23.8 Å². The number of anilines is 2. The summed E-state index contributed by atoms with van der Waals surface area (Å²) >= 11 is 0. The highest BCUT2D eigenvalue weighted by atomic mass is 16.5. The summed E-state index contributed by atoms with van der Waals surface area (Å²) in [5.74, 6) is 2.60. The Morgan fingerprint density at radius 1 is 0.737 bits per heavy atom. The van der Waals surface area contributed by atoms with Crippen LogP contribution in [0.3, 0.4) is 0 Å². The molecule has 0 aliphatic rings. The molecule has 0 saturated heterocycles. The van der Waals surface area contributed by atoms with Gasteiger partial charge in [0, 0.05) is 48.4 Å². The Morgan fingerprint density at radius 2 is 1.45 bits per heavy atom. The van der Waals surface area contributed by atoms with Gasteiger partial charge in [-0.25, -0.2) is 4.98 Å². The quantitative estimate of drug-likeness (QED) is 0.284. The Bertz CT molecular complexity index is 1540. The molecule has 0 atom stereocenters. The SMILES string of the molecule is COc1cc(OC)cc(N(Cc2nc(OC)cc(OC)n2)c2ccc3ncc(-c4cnn(C)c4)nc3c2)c1. The number of rotatable bonds is 9. The van der Waals surface area contributed by atoms with Crippen LogP contribution in [0.1, 0.15) is 5.82 Å².